The standard InChI is InChI=1S/C31H26N4O3S2/c1-4-38-23-14-15-26-28(16-23)40-31(34-26)35-29(36)19(2)39-30-25(18-32)24(20-10-12-22(37-3)13-11-20)17-27(33-30)21-8-6-5-7-9-21/h5-17,19H,4H2,1-3H3,(H,34,35,36). The molecule has 5 rings (SSSR count). The molecule has 0 saturated carbocycles. The number of pyridine rings is 1. The largest absolute Gasteiger partial charge is 0.497 e. The van der Waals surface area contributed by atoms with Crippen LogP contribution in [-0.2, 0) is 4.79 Å². The number of methoxy groups -OCH3 is 1. The normalized spacial score (nSPS) is 11.6. The summed E-state index contributed by atoms with van der Waals surface area (Å²) in [7, 11) is 1.61. The number of fused-ring (bicyclic) bond motifs is 1. The van der Waals surface area contributed by atoms with Crippen LogP contribution in [0.25, 0.3) is 32.6 Å². The van der Waals surface area contributed by atoms with Crippen molar-refractivity contribution in [2.24, 2.45) is 0 Å². The molecular weight excluding hydrogens is 541 g/mol. The van der Waals surface area contributed by atoms with E-state index < -0.39 is 5.25 Å². The van der Waals surface area contributed by atoms with Gasteiger partial charge in [-0.2, -0.15) is 5.26 Å². The van der Waals surface area contributed by atoms with Crippen molar-refractivity contribution in [3.63, 3.8) is 0 Å². The molecule has 9 heteroatoms. The van der Waals surface area contributed by atoms with Gasteiger partial charge in [-0.3, -0.25) is 4.79 Å². The van der Waals surface area contributed by atoms with Gasteiger partial charge in [-0.1, -0.05) is 65.6 Å². The Labute approximate surface area is 240 Å². The fourth-order valence-electron chi connectivity index (χ4n) is 4.11. The Bertz CT molecular complexity index is 1700. The first kappa shape index (κ1) is 27.2. The Morgan fingerprint density at radius 3 is 2.48 bits per heavy atom. The van der Waals surface area contributed by atoms with Crippen LogP contribution in [0.4, 0.5) is 5.13 Å². The highest BCUT2D eigenvalue weighted by atomic mass is 32.2. The number of carbonyl (C=O) groups excluding carboxylic acids is 1. The number of aromatic nitrogens is 2. The van der Waals surface area contributed by atoms with Gasteiger partial charge in [0.1, 0.15) is 22.6 Å². The number of hydrogen-bond donors (Lipinski definition) is 1. The van der Waals surface area contributed by atoms with Gasteiger partial charge in [0.25, 0.3) is 0 Å². The van der Waals surface area contributed by atoms with Crippen LogP contribution >= 0.6 is 23.1 Å². The summed E-state index contributed by atoms with van der Waals surface area (Å²) in [5, 5.41) is 13.6. The van der Waals surface area contributed by atoms with E-state index in [1.807, 2.05) is 85.8 Å². The molecule has 0 fully saturated rings. The van der Waals surface area contributed by atoms with E-state index in [9.17, 15) is 10.1 Å². The maximum absolute atomic E-state index is 13.2. The second kappa shape index (κ2) is 12.2. The number of rotatable bonds is 9. The molecular formula is C31H26N4O3S2. The molecule has 0 spiro atoms. The smallest absolute Gasteiger partial charge is 0.239 e. The summed E-state index contributed by atoms with van der Waals surface area (Å²) < 4.78 is 11.8. The second-order valence-electron chi connectivity index (χ2n) is 8.77. The minimum absolute atomic E-state index is 0.226. The number of anilines is 1. The van der Waals surface area contributed by atoms with Gasteiger partial charge in [0, 0.05) is 11.1 Å². The molecule has 0 bridgehead atoms. The molecule has 0 radical (unpaired) electrons. The monoisotopic (exact) mass is 566 g/mol. The molecule has 0 aliphatic carbocycles. The molecule has 3 aromatic carbocycles. The van der Waals surface area contributed by atoms with E-state index in [1.54, 1.807) is 14.0 Å². The summed E-state index contributed by atoms with van der Waals surface area (Å²) in [4.78, 5) is 22.6. The van der Waals surface area contributed by atoms with Gasteiger partial charge in [-0.15, -0.1) is 0 Å². The van der Waals surface area contributed by atoms with Crippen molar-refractivity contribution in [1.29, 1.82) is 5.26 Å². The fourth-order valence-corrected chi connectivity index (χ4v) is 5.94. The summed E-state index contributed by atoms with van der Waals surface area (Å²) in [6, 6.07) is 27.2. The topological polar surface area (TPSA) is 97.1 Å². The molecule has 1 N–H and O–H groups in total. The first-order chi connectivity index (χ1) is 19.5. The quantitative estimate of drug-likeness (QED) is 0.185. The lowest BCUT2D eigenvalue weighted by Crippen LogP contribution is -2.22. The molecule has 1 atom stereocenters. The first-order valence-electron chi connectivity index (χ1n) is 12.6. The predicted octanol–water partition coefficient (Wildman–Crippen LogP) is 7.42. The van der Waals surface area contributed by atoms with Gasteiger partial charge in [-0.25, -0.2) is 9.97 Å². The molecule has 1 amide bonds. The maximum atomic E-state index is 13.2. The maximum Gasteiger partial charge on any atom is 0.239 e. The lowest BCUT2D eigenvalue weighted by atomic mass is 9.99. The Kier molecular flexibility index (Phi) is 8.29. The molecule has 0 saturated heterocycles. The van der Waals surface area contributed by atoms with E-state index in [4.69, 9.17) is 14.5 Å². The van der Waals surface area contributed by atoms with Crippen molar-refractivity contribution in [2.45, 2.75) is 24.1 Å². The van der Waals surface area contributed by atoms with Crippen LogP contribution in [0, 0.1) is 11.3 Å². The third kappa shape index (κ3) is 5.93. The molecule has 2 heterocycles. The molecule has 200 valence electrons. The summed E-state index contributed by atoms with van der Waals surface area (Å²) >= 11 is 2.64. The first-order valence-corrected chi connectivity index (χ1v) is 14.3. The molecule has 2 aromatic heterocycles. The minimum Gasteiger partial charge on any atom is -0.497 e. The zero-order chi connectivity index (χ0) is 28.1. The van der Waals surface area contributed by atoms with Crippen LogP contribution in [0.3, 0.4) is 0 Å². The van der Waals surface area contributed by atoms with E-state index in [1.165, 1.54) is 23.1 Å². The third-order valence-electron chi connectivity index (χ3n) is 6.13. The van der Waals surface area contributed by atoms with Gasteiger partial charge in [-0.05, 0) is 55.8 Å². The van der Waals surface area contributed by atoms with E-state index in [0.717, 1.165) is 44.1 Å². The number of thioether (sulfide) groups is 1. The van der Waals surface area contributed by atoms with E-state index in [0.29, 0.717) is 22.3 Å². The average Bonchev–Trinajstić information content (AvgIpc) is 3.39. The number of hydrogen-bond acceptors (Lipinski definition) is 8. The lowest BCUT2D eigenvalue weighted by Gasteiger charge is -2.15. The zero-order valence-electron chi connectivity index (χ0n) is 22.2. The van der Waals surface area contributed by atoms with Gasteiger partial charge in [0.15, 0.2) is 5.13 Å². The van der Waals surface area contributed by atoms with Gasteiger partial charge in [0.2, 0.25) is 5.91 Å². The molecule has 0 aliphatic rings. The number of nitriles is 1. The summed E-state index contributed by atoms with van der Waals surface area (Å²) in [6.07, 6.45) is 0. The Morgan fingerprint density at radius 2 is 1.77 bits per heavy atom. The minimum atomic E-state index is -0.541. The van der Waals surface area contributed by atoms with E-state index in [-0.39, 0.29) is 5.91 Å². The second-order valence-corrected chi connectivity index (χ2v) is 11.1. The summed E-state index contributed by atoms with van der Waals surface area (Å²) in [5.74, 6) is 1.26. The molecule has 40 heavy (non-hydrogen) atoms. The Hall–Kier alpha value is -4.39. The van der Waals surface area contributed by atoms with E-state index >= 15 is 0 Å². The molecule has 7 nitrogen and oxygen atoms in total. The molecule has 1 unspecified atom stereocenters. The van der Waals surface area contributed by atoms with Crippen LogP contribution in [0.15, 0.2) is 83.9 Å². The van der Waals surface area contributed by atoms with Crippen LogP contribution in [0.1, 0.15) is 19.4 Å². The van der Waals surface area contributed by atoms with Crippen molar-refractivity contribution in [2.75, 3.05) is 19.0 Å². The van der Waals surface area contributed by atoms with Crippen LogP contribution in [0.2, 0.25) is 0 Å². The highest BCUT2D eigenvalue weighted by Crippen LogP contribution is 2.37. The number of benzene rings is 3. The summed E-state index contributed by atoms with van der Waals surface area (Å²) in [5.41, 5.74) is 4.44. The Balaban J connectivity index is 1.45. The number of thiazole rings is 1. The number of nitrogens with one attached hydrogen (secondary N) is 1. The molecule has 0 aliphatic heterocycles. The van der Waals surface area contributed by atoms with Crippen molar-refractivity contribution in [3.05, 3.63) is 84.4 Å². The van der Waals surface area contributed by atoms with Crippen molar-refractivity contribution >= 4 is 44.4 Å². The molecule has 5 aromatic rings. The van der Waals surface area contributed by atoms with E-state index in [2.05, 4.69) is 16.4 Å². The number of ether oxygens (including phenoxy) is 2. The van der Waals surface area contributed by atoms with Crippen LogP contribution in [0.5, 0.6) is 11.5 Å². The zero-order valence-corrected chi connectivity index (χ0v) is 23.8. The van der Waals surface area contributed by atoms with Crippen LogP contribution < -0.4 is 14.8 Å². The van der Waals surface area contributed by atoms with Gasteiger partial charge >= 0.3 is 0 Å². The number of carbonyl (C=O) groups is 1. The van der Waals surface area contributed by atoms with Crippen molar-refractivity contribution in [1.82, 2.24) is 9.97 Å². The average molecular weight is 567 g/mol. The highest BCUT2D eigenvalue weighted by Gasteiger charge is 2.22. The van der Waals surface area contributed by atoms with Crippen LogP contribution in [-0.4, -0.2) is 34.8 Å². The van der Waals surface area contributed by atoms with Gasteiger partial charge < -0.3 is 14.8 Å². The highest BCUT2D eigenvalue weighted by molar-refractivity contribution is 8.00. The third-order valence-corrected chi connectivity index (χ3v) is 8.15. The Morgan fingerprint density at radius 1 is 1.02 bits per heavy atom. The van der Waals surface area contributed by atoms with Crippen molar-refractivity contribution in [3.8, 4) is 40.0 Å². The lowest BCUT2D eigenvalue weighted by molar-refractivity contribution is -0.115. The predicted molar refractivity (Wildman–Crippen MR) is 161 cm³/mol. The van der Waals surface area contributed by atoms with Gasteiger partial charge in [0.05, 0.1) is 40.4 Å². The number of nitrogens with zero attached hydrogens (tertiary/aromatic N) is 3. The summed E-state index contributed by atoms with van der Waals surface area (Å²) in [6.45, 7) is 4.31. The fraction of sp³-hybridized carbons (Fsp3) is 0.161. The SMILES string of the molecule is CCOc1ccc2nc(NC(=O)C(C)Sc3nc(-c4ccccc4)cc(-c4ccc(OC)cc4)c3C#N)sc2c1. The van der Waals surface area contributed by atoms with Crippen molar-refractivity contribution < 1.29 is 14.3 Å². The number of amides is 1.